The van der Waals surface area contributed by atoms with Crippen molar-refractivity contribution in [2.24, 2.45) is 0 Å². The van der Waals surface area contributed by atoms with Gasteiger partial charge in [0.25, 0.3) is 0 Å². The van der Waals surface area contributed by atoms with Gasteiger partial charge in [-0.1, -0.05) is 0 Å². The zero-order valence-electron chi connectivity index (χ0n) is 6.74. The van der Waals surface area contributed by atoms with E-state index in [4.69, 9.17) is 15.6 Å². The molecule has 4 heteroatoms. The fraction of sp³-hybridized carbons (Fsp3) is 0.250. The Labute approximate surface area is 70.2 Å². The van der Waals surface area contributed by atoms with E-state index in [1.807, 2.05) is 0 Å². The van der Waals surface area contributed by atoms with E-state index in [0.717, 1.165) is 0 Å². The summed E-state index contributed by atoms with van der Waals surface area (Å²) in [5.41, 5.74) is 6.43. The maximum absolute atomic E-state index is 9.26. The Bertz CT molecular complexity index is 256. The van der Waals surface area contributed by atoms with Crippen LogP contribution in [0.25, 0.3) is 0 Å². The first-order valence-electron chi connectivity index (χ1n) is 3.45. The Balaban J connectivity index is 3.16. The molecule has 0 saturated carbocycles. The number of benzene rings is 1. The van der Waals surface area contributed by atoms with Crippen LogP contribution in [0.15, 0.2) is 12.1 Å². The Morgan fingerprint density at radius 2 is 2.17 bits per heavy atom. The summed E-state index contributed by atoms with van der Waals surface area (Å²) in [6.07, 6.45) is 0. The van der Waals surface area contributed by atoms with Gasteiger partial charge in [0.1, 0.15) is 0 Å². The highest BCUT2D eigenvalue weighted by Gasteiger charge is 2.05. The Morgan fingerprint density at radius 3 is 2.67 bits per heavy atom. The number of phenolic OH excluding ortho intramolecular Hbond substituents is 1. The number of ether oxygens (including phenoxy) is 1. The second-order valence-electron chi connectivity index (χ2n) is 2.38. The second kappa shape index (κ2) is 3.32. The predicted octanol–water partition coefficient (Wildman–Crippen LogP) is 0.475. The van der Waals surface area contributed by atoms with E-state index in [1.54, 1.807) is 0 Å². The van der Waals surface area contributed by atoms with Crippen molar-refractivity contribution in [1.82, 2.24) is 0 Å². The molecule has 0 bridgehead atoms. The number of methoxy groups -OCH3 is 1. The first-order valence-corrected chi connectivity index (χ1v) is 3.45. The van der Waals surface area contributed by atoms with Crippen LogP contribution in [0.3, 0.4) is 0 Å². The SMILES string of the molecule is COc1cc(N)c(CO)cc1O. The minimum absolute atomic E-state index is 0.0178. The number of phenols is 1. The smallest absolute Gasteiger partial charge is 0.162 e. The Hall–Kier alpha value is -1.42. The van der Waals surface area contributed by atoms with Crippen molar-refractivity contribution in [1.29, 1.82) is 0 Å². The van der Waals surface area contributed by atoms with Gasteiger partial charge in [0.2, 0.25) is 0 Å². The maximum atomic E-state index is 9.26. The molecule has 0 unspecified atom stereocenters. The van der Waals surface area contributed by atoms with Gasteiger partial charge in [0.05, 0.1) is 13.7 Å². The van der Waals surface area contributed by atoms with Gasteiger partial charge in [-0.05, 0) is 6.07 Å². The summed E-state index contributed by atoms with van der Waals surface area (Å²) in [4.78, 5) is 0. The molecular weight excluding hydrogens is 158 g/mol. The molecule has 0 atom stereocenters. The molecule has 12 heavy (non-hydrogen) atoms. The molecule has 0 fully saturated rings. The number of aliphatic hydroxyl groups is 1. The lowest BCUT2D eigenvalue weighted by Gasteiger charge is -2.07. The quantitative estimate of drug-likeness (QED) is 0.444. The average molecular weight is 169 g/mol. The van der Waals surface area contributed by atoms with E-state index < -0.39 is 0 Å². The molecule has 0 saturated heterocycles. The monoisotopic (exact) mass is 169 g/mol. The minimum atomic E-state index is -0.191. The first kappa shape index (κ1) is 8.67. The number of nitrogen functional groups attached to an aromatic ring is 1. The highest BCUT2D eigenvalue weighted by molar-refractivity contribution is 5.57. The van der Waals surface area contributed by atoms with Crippen molar-refractivity contribution in [2.75, 3.05) is 12.8 Å². The van der Waals surface area contributed by atoms with Crippen LogP contribution in [0.5, 0.6) is 11.5 Å². The fourth-order valence-electron chi connectivity index (χ4n) is 0.928. The number of hydrogen-bond acceptors (Lipinski definition) is 4. The first-order chi connectivity index (χ1) is 5.69. The summed E-state index contributed by atoms with van der Waals surface area (Å²) < 4.78 is 4.81. The molecule has 1 aromatic rings. The van der Waals surface area contributed by atoms with Crippen molar-refractivity contribution in [3.05, 3.63) is 17.7 Å². The summed E-state index contributed by atoms with van der Waals surface area (Å²) in [5, 5.41) is 18.0. The van der Waals surface area contributed by atoms with Gasteiger partial charge in [-0.2, -0.15) is 0 Å². The van der Waals surface area contributed by atoms with Crippen LogP contribution in [0, 0.1) is 0 Å². The second-order valence-corrected chi connectivity index (χ2v) is 2.38. The van der Waals surface area contributed by atoms with Crippen molar-refractivity contribution in [2.45, 2.75) is 6.61 Å². The lowest BCUT2D eigenvalue weighted by Crippen LogP contribution is -1.95. The lowest BCUT2D eigenvalue weighted by molar-refractivity contribution is 0.281. The van der Waals surface area contributed by atoms with Crippen molar-refractivity contribution in [3.63, 3.8) is 0 Å². The molecule has 0 spiro atoms. The summed E-state index contributed by atoms with van der Waals surface area (Å²) in [7, 11) is 1.44. The summed E-state index contributed by atoms with van der Waals surface area (Å²) in [6.45, 7) is -0.191. The third-order valence-electron chi connectivity index (χ3n) is 1.61. The molecule has 66 valence electrons. The van der Waals surface area contributed by atoms with Crippen LogP contribution in [-0.4, -0.2) is 17.3 Å². The predicted molar refractivity (Wildman–Crippen MR) is 45.0 cm³/mol. The molecular formula is C8H11NO3. The van der Waals surface area contributed by atoms with Crippen LogP contribution in [0.2, 0.25) is 0 Å². The van der Waals surface area contributed by atoms with Crippen LogP contribution in [0.4, 0.5) is 5.69 Å². The standard InChI is InChI=1S/C8H11NO3/c1-12-8-3-6(9)5(4-10)2-7(8)11/h2-3,10-11H,4,9H2,1H3. The van der Waals surface area contributed by atoms with E-state index in [9.17, 15) is 5.11 Å². The molecule has 0 aliphatic heterocycles. The van der Waals surface area contributed by atoms with Gasteiger partial charge in [-0.15, -0.1) is 0 Å². The van der Waals surface area contributed by atoms with Crippen molar-refractivity contribution in [3.8, 4) is 11.5 Å². The molecule has 4 nitrogen and oxygen atoms in total. The zero-order chi connectivity index (χ0) is 9.14. The molecule has 0 aliphatic rings. The summed E-state index contributed by atoms with van der Waals surface area (Å²) in [5.74, 6) is 0.292. The minimum Gasteiger partial charge on any atom is -0.504 e. The molecule has 0 radical (unpaired) electrons. The van der Waals surface area contributed by atoms with E-state index >= 15 is 0 Å². The molecule has 0 aliphatic carbocycles. The highest BCUT2D eigenvalue weighted by atomic mass is 16.5. The normalized spacial score (nSPS) is 9.83. The molecule has 0 heterocycles. The van der Waals surface area contributed by atoms with Gasteiger partial charge in [0, 0.05) is 17.3 Å². The number of anilines is 1. The number of aliphatic hydroxyl groups excluding tert-OH is 1. The van der Waals surface area contributed by atoms with Crippen molar-refractivity contribution >= 4 is 5.69 Å². The average Bonchev–Trinajstić information content (AvgIpc) is 2.08. The largest absolute Gasteiger partial charge is 0.504 e. The van der Waals surface area contributed by atoms with E-state index in [0.29, 0.717) is 17.0 Å². The number of rotatable bonds is 2. The Morgan fingerprint density at radius 1 is 1.50 bits per heavy atom. The van der Waals surface area contributed by atoms with Crippen LogP contribution in [0.1, 0.15) is 5.56 Å². The third-order valence-corrected chi connectivity index (χ3v) is 1.61. The van der Waals surface area contributed by atoms with Crippen LogP contribution < -0.4 is 10.5 Å². The summed E-state index contributed by atoms with van der Waals surface area (Å²) in [6, 6.07) is 2.86. The molecule has 1 rings (SSSR count). The van der Waals surface area contributed by atoms with Crippen molar-refractivity contribution < 1.29 is 14.9 Å². The third kappa shape index (κ3) is 1.43. The zero-order valence-corrected chi connectivity index (χ0v) is 6.74. The fourth-order valence-corrected chi connectivity index (χ4v) is 0.928. The van der Waals surface area contributed by atoms with Crippen LogP contribution in [-0.2, 0) is 6.61 Å². The number of hydrogen-bond donors (Lipinski definition) is 3. The van der Waals surface area contributed by atoms with Crippen LogP contribution >= 0.6 is 0 Å². The molecule has 0 aromatic heterocycles. The maximum Gasteiger partial charge on any atom is 0.162 e. The van der Waals surface area contributed by atoms with E-state index in [2.05, 4.69) is 0 Å². The number of nitrogens with two attached hydrogens (primary N) is 1. The molecule has 0 amide bonds. The summed E-state index contributed by atoms with van der Waals surface area (Å²) >= 11 is 0. The van der Waals surface area contributed by atoms with E-state index in [-0.39, 0.29) is 12.4 Å². The molecule has 1 aromatic carbocycles. The van der Waals surface area contributed by atoms with Gasteiger partial charge in [-0.25, -0.2) is 0 Å². The topological polar surface area (TPSA) is 75.7 Å². The number of aromatic hydroxyl groups is 1. The highest BCUT2D eigenvalue weighted by Crippen LogP contribution is 2.30. The van der Waals surface area contributed by atoms with E-state index in [1.165, 1.54) is 19.2 Å². The lowest BCUT2D eigenvalue weighted by atomic mass is 10.1. The van der Waals surface area contributed by atoms with Gasteiger partial charge in [-0.3, -0.25) is 0 Å². The Kier molecular flexibility index (Phi) is 2.40. The van der Waals surface area contributed by atoms with Gasteiger partial charge < -0.3 is 20.7 Å². The van der Waals surface area contributed by atoms with Gasteiger partial charge in [0.15, 0.2) is 11.5 Å². The van der Waals surface area contributed by atoms with Gasteiger partial charge >= 0.3 is 0 Å². The molecule has 4 N–H and O–H groups in total.